The Kier molecular flexibility index (Phi) is 4.33. The molecule has 0 spiro atoms. The van der Waals surface area contributed by atoms with Gasteiger partial charge in [0.2, 0.25) is 0 Å². The van der Waals surface area contributed by atoms with E-state index in [0.29, 0.717) is 12.6 Å². The first-order chi connectivity index (χ1) is 7.12. The molecule has 0 aromatic carbocycles. The van der Waals surface area contributed by atoms with Crippen LogP contribution in [0.3, 0.4) is 0 Å². The molecule has 1 fully saturated rings. The molecule has 1 atom stereocenters. The molecule has 3 heteroatoms. The normalized spacial score (nSPS) is 19.3. The lowest BCUT2D eigenvalue weighted by Gasteiger charge is -2.28. The Morgan fingerprint density at radius 2 is 2.33 bits per heavy atom. The van der Waals surface area contributed by atoms with E-state index in [1.807, 2.05) is 19.9 Å². The van der Waals surface area contributed by atoms with Crippen LogP contribution in [-0.2, 0) is 9.53 Å². The van der Waals surface area contributed by atoms with Crippen molar-refractivity contribution in [3.05, 3.63) is 12.7 Å². The third-order valence-electron chi connectivity index (χ3n) is 2.67. The first-order valence-corrected chi connectivity index (χ1v) is 5.68. The summed E-state index contributed by atoms with van der Waals surface area (Å²) in [7, 11) is 0. The molecule has 0 saturated heterocycles. The van der Waals surface area contributed by atoms with E-state index in [1.54, 1.807) is 0 Å². The Labute approximate surface area is 91.9 Å². The van der Waals surface area contributed by atoms with Crippen LogP contribution in [0.1, 0.15) is 39.5 Å². The summed E-state index contributed by atoms with van der Waals surface area (Å²) >= 11 is 0. The predicted molar refractivity (Wildman–Crippen MR) is 60.6 cm³/mol. The van der Waals surface area contributed by atoms with Crippen molar-refractivity contribution in [2.24, 2.45) is 0 Å². The number of hydrogen-bond acceptors (Lipinski definition) is 3. The first-order valence-electron chi connectivity index (χ1n) is 5.68. The van der Waals surface area contributed by atoms with Gasteiger partial charge in [0.15, 0.2) is 0 Å². The van der Waals surface area contributed by atoms with Crippen LogP contribution >= 0.6 is 0 Å². The van der Waals surface area contributed by atoms with E-state index in [0.717, 1.165) is 12.8 Å². The smallest absolute Gasteiger partial charge is 0.326 e. The molecule has 1 N–H and O–H groups in total. The summed E-state index contributed by atoms with van der Waals surface area (Å²) in [5.41, 5.74) is -0.536. The number of carbonyl (C=O) groups is 1. The van der Waals surface area contributed by atoms with Crippen molar-refractivity contribution in [2.75, 3.05) is 6.61 Å². The molecule has 3 nitrogen and oxygen atoms in total. The maximum Gasteiger partial charge on any atom is 0.326 e. The van der Waals surface area contributed by atoms with Gasteiger partial charge in [0, 0.05) is 6.04 Å². The van der Waals surface area contributed by atoms with Crippen molar-refractivity contribution in [2.45, 2.75) is 51.1 Å². The Bertz CT molecular complexity index is 236. The summed E-state index contributed by atoms with van der Waals surface area (Å²) in [4.78, 5) is 11.8. The molecule has 1 aliphatic carbocycles. The van der Waals surface area contributed by atoms with Gasteiger partial charge in [-0.2, -0.15) is 0 Å². The summed E-state index contributed by atoms with van der Waals surface area (Å²) in [6.07, 6.45) is 5.76. The number of esters is 1. The Morgan fingerprint density at radius 3 is 2.80 bits per heavy atom. The van der Waals surface area contributed by atoms with Gasteiger partial charge in [-0.05, 0) is 39.5 Å². The van der Waals surface area contributed by atoms with Crippen molar-refractivity contribution < 1.29 is 9.53 Å². The summed E-state index contributed by atoms with van der Waals surface area (Å²) in [5, 5.41) is 3.36. The monoisotopic (exact) mass is 211 g/mol. The maximum atomic E-state index is 11.8. The minimum atomic E-state index is -0.536. The van der Waals surface area contributed by atoms with Gasteiger partial charge in [-0.1, -0.05) is 6.08 Å². The van der Waals surface area contributed by atoms with Crippen LogP contribution in [0.5, 0.6) is 0 Å². The Balaban J connectivity index is 2.55. The molecular weight excluding hydrogens is 190 g/mol. The van der Waals surface area contributed by atoms with E-state index in [1.165, 1.54) is 12.8 Å². The minimum absolute atomic E-state index is 0.140. The number of ether oxygens (including phenoxy) is 1. The van der Waals surface area contributed by atoms with Gasteiger partial charge in [-0.25, -0.2) is 0 Å². The lowest BCUT2D eigenvalue weighted by atomic mass is 9.95. The molecule has 86 valence electrons. The van der Waals surface area contributed by atoms with E-state index in [9.17, 15) is 4.79 Å². The van der Waals surface area contributed by atoms with Crippen LogP contribution in [0.2, 0.25) is 0 Å². The highest BCUT2D eigenvalue weighted by molar-refractivity contribution is 5.80. The zero-order valence-corrected chi connectivity index (χ0v) is 9.71. The molecule has 0 aromatic heterocycles. The fraction of sp³-hybridized carbons (Fsp3) is 0.750. The second-order valence-electron chi connectivity index (χ2n) is 4.30. The number of nitrogens with one attached hydrogen (secondary N) is 1. The number of allylic oxidation sites excluding steroid dienone is 1. The maximum absolute atomic E-state index is 11.8. The molecule has 15 heavy (non-hydrogen) atoms. The van der Waals surface area contributed by atoms with E-state index >= 15 is 0 Å². The summed E-state index contributed by atoms with van der Waals surface area (Å²) < 4.78 is 5.10. The van der Waals surface area contributed by atoms with Gasteiger partial charge < -0.3 is 4.74 Å². The predicted octanol–water partition coefficient (Wildman–Crippen LogP) is 2.03. The van der Waals surface area contributed by atoms with E-state index in [2.05, 4.69) is 11.9 Å². The highest BCUT2D eigenvalue weighted by atomic mass is 16.5. The standard InChI is InChI=1S/C12H21NO2/c1-4-6-9-12(3,11(14)15-5-2)13-10-7-8-10/h4,10,13H,1,5-9H2,2-3H3. The van der Waals surface area contributed by atoms with Gasteiger partial charge >= 0.3 is 5.97 Å². The highest BCUT2D eigenvalue weighted by Crippen LogP contribution is 2.25. The van der Waals surface area contributed by atoms with Gasteiger partial charge in [0.05, 0.1) is 6.61 Å². The fourth-order valence-corrected chi connectivity index (χ4v) is 1.59. The van der Waals surface area contributed by atoms with Crippen LogP contribution in [0.15, 0.2) is 12.7 Å². The molecule has 0 amide bonds. The molecule has 1 saturated carbocycles. The van der Waals surface area contributed by atoms with Crippen LogP contribution in [0.25, 0.3) is 0 Å². The van der Waals surface area contributed by atoms with E-state index in [-0.39, 0.29) is 5.97 Å². The zero-order valence-electron chi connectivity index (χ0n) is 9.71. The molecular formula is C12H21NO2. The SMILES string of the molecule is C=CCCC(C)(NC1CC1)C(=O)OCC. The zero-order chi connectivity index (χ0) is 11.3. The molecule has 0 aliphatic heterocycles. The quantitative estimate of drug-likeness (QED) is 0.517. The minimum Gasteiger partial charge on any atom is -0.465 e. The van der Waals surface area contributed by atoms with E-state index < -0.39 is 5.54 Å². The van der Waals surface area contributed by atoms with Crippen molar-refractivity contribution in [1.29, 1.82) is 0 Å². The molecule has 0 radical (unpaired) electrons. The van der Waals surface area contributed by atoms with Gasteiger partial charge in [0.1, 0.15) is 5.54 Å². The molecule has 0 bridgehead atoms. The average molecular weight is 211 g/mol. The number of carbonyl (C=O) groups excluding carboxylic acids is 1. The van der Waals surface area contributed by atoms with Crippen molar-refractivity contribution >= 4 is 5.97 Å². The molecule has 1 unspecified atom stereocenters. The first kappa shape index (κ1) is 12.2. The summed E-state index contributed by atoms with van der Waals surface area (Å²) in [6.45, 7) is 7.88. The second-order valence-corrected chi connectivity index (χ2v) is 4.30. The van der Waals surface area contributed by atoms with Gasteiger partial charge in [-0.15, -0.1) is 6.58 Å². The molecule has 0 heterocycles. The van der Waals surface area contributed by atoms with Gasteiger partial charge in [0.25, 0.3) is 0 Å². The van der Waals surface area contributed by atoms with E-state index in [4.69, 9.17) is 4.74 Å². The molecule has 1 aliphatic rings. The van der Waals surface area contributed by atoms with Crippen LogP contribution < -0.4 is 5.32 Å². The van der Waals surface area contributed by atoms with Crippen molar-refractivity contribution in [1.82, 2.24) is 5.32 Å². The lowest BCUT2D eigenvalue weighted by Crippen LogP contribution is -2.51. The van der Waals surface area contributed by atoms with Crippen LogP contribution in [-0.4, -0.2) is 24.2 Å². The molecule has 0 aromatic rings. The lowest BCUT2D eigenvalue weighted by molar-refractivity contribution is -0.150. The average Bonchev–Trinajstić information content (AvgIpc) is 2.99. The highest BCUT2D eigenvalue weighted by Gasteiger charge is 2.38. The summed E-state index contributed by atoms with van der Waals surface area (Å²) in [5.74, 6) is -0.140. The fourth-order valence-electron chi connectivity index (χ4n) is 1.59. The third kappa shape index (κ3) is 3.67. The topological polar surface area (TPSA) is 38.3 Å². The van der Waals surface area contributed by atoms with Crippen molar-refractivity contribution in [3.63, 3.8) is 0 Å². The van der Waals surface area contributed by atoms with Crippen LogP contribution in [0.4, 0.5) is 0 Å². The third-order valence-corrected chi connectivity index (χ3v) is 2.67. The Hall–Kier alpha value is -0.830. The van der Waals surface area contributed by atoms with Crippen molar-refractivity contribution in [3.8, 4) is 0 Å². The summed E-state index contributed by atoms with van der Waals surface area (Å²) in [6, 6.07) is 0.504. The molecule has 1 rings (SSSR count). The van der Waals surface area contributed by atoms with Crippen LogP contribution in [0, 0.1) is 0 Å². The Morgan fingerprint density at radius 1 is 1.67 bits per heavy atom. The van der Waals surface area contributed by atoms with Gasteiger partial charge in [-0.3, -0.25) is 10.1 Å². The second kappa shape index (κ2) is 5.31. The number of hydrogen-bond donors (Lipinski definition) is 1. The number of rotatable bonds is 7. The largest absolute Gasteiger partial charge is 0.465 e.